The van der Waals surface area contributed by atoms with E-state index in [-0.39, 0.29) is 5.91 Å². The Bertz CT molecular complexity index is 2790. The lowest BCUT2D eigenvalue weighted by molar-refractivity contribution is 0.102. The average Bonchev–Trinajstić information content (AvgIpc) is 3.25. The number of rotatable bonds is 10. The van der Waals surface area contributed by atoms with Crippen molar-refractivity contribution < 1.29 is 19.1 Å². The first-order valence-electron chi connectivity index (χ1n) is 17.8. The lowest BCUT2D eigenvalue weighted by atomic mass is 10.0. The maximum absolute atomic E-state index is 14.3. The van der Waals surface area contributed by atoms with E-state index in [0.717, 1.165) is 11.1 Å². The second kappa shape index (κ2) is 15.7. The highest BCUT2D eigenvalue weighted by molar-refractivity contribution is 6.15. The van der Waals surface area contributed by atoms with Gasteiger partial charge >= 0.3 is 0 Å². The molecule has 56 heavy (non-hydrogen) atoms. The molecule has 2 N–H and O–H groups in total. The molecular weight excluding hydrogens is 701 g/mol. The smallest absolute Gasteiger partial charge is 0.256 e. The molecule has 0 fully saturated rings. The third kappa shape index (κ3) is 7.53. The van der Waals surface area contributed by atoms with Crippen molar-refractivity contribution in [2.75, 3.05) is 24.9 Å². The number of carbonyl (C=O) groups is 2. The molecule has 0 bridgehead atoms. The van der Waals surface area contributed by atoms with Crippen molar-refractivity contribution in [2.24, 2.45) is 10.2 Å². The molecule has 0 spiro atoms. The van der Waals surface area contributed by atoms with Gasteiger partial charge in [-0.3, -0.25) is 9.59 Å². The van der Waals surface area contributed by atoms with Crippen LogP contribution in [-0.2, 0) is 0 Å². The van der Waals surface area contributed by atoms with Crippen molar-refractivity contribution >= 4 is 56.4 Å². The Labute approximate surface area is 322 Å². The second-order valence-electron chi connectivity index (χ2n) is 12.8. The molecule has 2 aromatic heterocycles. The van der Waals surface area contributed by atoms with Crippen LogP contribution < -0.4 is 20.1 Å². The van der Waals surface area contributed by atoms with E-state index in [1.807, 2.05) is 127 Å². The molecule has 8 aromatic rings. The Hall–Kier alpha value is -7.72. The Kier molecular flexibility index (Phi) is 9.91. The molecule has 0 radical (unpaired) electrons. The molecule has 0 aliphatic heterocycles. The van der Waals surface area contributed by atoms with E-state index >= 15 is 0 Å². The Morgan fingerprint density at radius 1 is 0.518 bits per heavy atom. The summed E-state index contributed by atoms with van der Waals surface area (Å²) in [5.41, 5.74) is 6.79. The predicted molar refractivity (Wildman–Crippen MR) is 220 cm³/mol. The highest BCUT2D eigenvalue weighted by Gasteiger charge is 2.19. The SMILES string of the molecule is COc1cccc(-c2cc(C(=O)Nc3ccc(N=Nc4ccccc4)c(NC(=O)c4cc(-c5cccc(OC)c5)nc5ccccc45)c3)c3ccccc3n2)c1. The van der Waals surface area contributed by atoms with Gasteiger partial charge in [0.15, 0.2) is 0 Å². The number of ether oxygens (including phenoxy) is 2. The van der Waals surface area contributed by atoms with Crippen molar-refractivity contribution in [1.82, 2.24) is 9.97 Å². The minimum atomic E-state index is -0.393. The number of methoxy groups -OCH3 is 2. The van der Waals surface area contributed by atoms with Crippen molar-refractivity contribution in [2.45, 2.75) is 0 Å². The van der Waals surface area contributed by atoms with E-state index in [1.54, 1.807) is 44.6 Å². The van der Waals surface area contributed by atoms with Gasteiger partial charge in [-0.05, 0) is 78.9 Å². The van der Waals surface area contributed by atoms with Crippen molar-refractivity contribution in [3.63, 3.8) is 0 Å². The fourth-order valence-electron chi connectivity index (χ4n) is 6.38. The molecule has 2 amide bonds. The number of amides is 2. The van der Waals surface area contributed by atoms with Gasteiger partial charge in [0.2, 0.25) is 0 Å². The lowest BCUT2D eigenvalue weighted by Crippen LogP contribution is -2.15. The summed E-state index contributed by atoms with van der Waals surface area (Å²) in [6.07, 6.45) is 0. The minimum absolute atomic E-state index is 0.341. The minimum Gasteiger partial charge on any atom is -0.497 e. The van der Waals surface area contributed by atoms with Crippen LogP contribution in [0, 0.1) is 0 Å². The number of fused-ring (bicyclic) bond motifs is 2. The first kappa shape index (κ1) is 35.3. The summed E-state index contributed by atoms with van der Waals surface area (Å²) < 4.78 is 10.9. The highest BCUT2D eigenvalue weighted by Crippen LogP contribution is 2.34. The summed E-state index contributed by atoms with van der Waals surface area (Å²) in [6, 6.07) is 48.0. The maximum atomic E-state index is 14.3. The van der Waals surface area contributed by atoms with Crippen LogP contribution in [0.2, 0.25) is 0 Å². The number of nitrogens with one attached hydrogen (secondary N) is 2. The lowest BCUT2D eigenvalue weighted by Gasteiger charge is -2.14. The first-order valence-corrected chi connectivity index (χ1v) is 17.8. The molecular formula is C46H34N6O4. The van der Waals surface area contributed by atoms with Gasteiger partial charge in [-0.1, -0.05) is 78.9 Å². The zero-order valence-electron chi connectivity index (χ0n) is 30.4. The van der Waals surface area contributed by atoms with Crippen LogP contribution in [0.15, 0.2) is 168 Å². The van der Waals surface area contributed by atoms with Gasteiger partial charge in [0.05, 0.1) is 59.1 Å². The van der Waals surface area contributed by atoms with Gasteiger partial charge in [-0.15, -0.1) is 5.11 Å². The zero-order chi connectivity index (χ0) is 38.4. The zero-order valence-corrected chi connectivity index (χ0v) is 30.4. The van der Waals surface area contributed by atoms with Gasteiger partial charge in [0.25, 0.3) is 11.8 Å². The van der Waals surface area contributed by atoms with E-state index < -0.39 is 5.91 Å². The third-order valence-electron chi connectivity index (χ3n) is 9.18. The number of hydrogen-bond donors (Lipinski definition) is 2. The molecule has 10 heteroatoms. The number of hydrogen-bond acceptors (Lipinski definition) is 8. The maximum Gasteiger partial charge on any atom is 0.256 e. The van der Waals surface area contributed by atoms with Crippen LogP contribution in [0.5, 0.6) is 11.5 Å². The molecule has 0 saturated carbocycles. The predicted octanol–water partition coefficient (Wildman–Crippen LogP) is 11.1. The number of nitrogens with zero attached hydrogens (tertiary/aromatic N) is 4. The van der Waals surface area contributed by atoms with Gasteiger partial charge in [-0.2, -0.15) is 5.11 Å². The highest BCUT2D eigenvalue weighted by atomic mass is 16.5. The number of pyridine rings is 2. The molecule has 0 unspecified atom stereocenters. The Balaban J connectivity index is 1.17. The monoisotopic (exact) mass is 734 g/mol. The largest absolute Gasteiger partial charge is 0.497 e. The van der Waals surface area contributed by atoms with Crippen LogP contribution in [0.4, 0.5) is 22.7 Å². The van der Waals surface area contributed by atoms with Crippen molar-refractivity contribution in [3.05, 3.63) is 169 Å². The van der Waals surface area contributed by atoms with Crippen LogP contribution in [-0.4, -0.2) is 36.0 Å². The molecule has 8 rings (SSSR count). The summed E-state index contributed by atoms with van der Waals surface area (Å²) in [5, 5.41) is 16.4. The summed E-state index contributed by atoms with van der Waals surface area (Å²) >= 11 is 0. The molecule has 10 nitrogen and oxygen atoms in total. The van der Waals surface area contributed by atoms with Gasteiger partial charge in [-0.25, -0.2) is 9.97 Å². The number of azo groups is 1. The van der Waals surface area contributed by atoms with E-state index in [2.05, 4.69) is 20.9 Å². The van der Waals surface area contributed by atoms with E-state index in [1.165, 1.54) is 0 Å². The van der Waals surface area contributed by atoms with Crippen molar-refractivity contribution in [1.29, 1.82) is 0 Å². The van der Waals surface area contributed by atoms with Gasteiger partial charge < -0.3 is 20.1 Å². The second-order valence-corrected chi connectivity index (χ2v) is 12.8. The summed E-state index contributed by atoms with van der Waals surface area (Å²) in [7, 11) is 3.21. The average molecular weight is 735 g/mol. The summed E-state index contributed by atoms with van der Waals surface area (Å²) in [4.78, 5) is 38.2. The van der Waals surface area contributed by atoms with Crippen molar-refractivity contribution in [3.8, 4) is 34.0 Å². The Morgan fingerprint density at radius 2 is 1.05 bits per heavy atom. The van der Waals surface area contributed by atoms with Gasteiger partial charge in [0.1, 0.15) is 17.2 Å². The summed E-state index contributed by atoms with van der Waals surface area (Å²) in [6.45, 7) is 0. The Morgan fingerprint density at radius 3 is 1.62 bits per heavy atom. The molecule has 0 aliphatic carbocycles. The normalized spacial score (nSPS) is 11.1. The fraction of sp³-hybridized carbons (Fsp3) is 0.0435. The van der Waals surface area contributed by atoms with E-state index in [4.69, 9.17) is 19.4 Å². The third-order valence-corrected chi connectivity index (χ3v) is 9.18. The molecule has 6 aromatic carbocycles. The number of benzene rings is 6. The standard InChI is InChI=1S/C46H34N6O4/c1-55-33-16-10-12-29(24-33)42-27-37(35-18-6-8-20-39(35)48-42)45(53)47-32-22-23-41(52-51-31-14-4-3-5-15-31)44(26-32)50-46(54)38-28-43(30-13-11-17-34(25-30)56-2)49-40-21-9-7-19-36(38)40/h3-28H,1-2H3,(H,47,53)(H,50,54). The molecule has 2 heterocycles. The number of para-hydroxylation sites is 2. The topological polar surface area (TPSA) is 127 Å². The summed E-state index contributed by atoms with van der Waals surface area (Å²) in [5.74, 6) is 0.605. The van der Waals surface area contributed by atoms with Gasteiger partial charge in [0, 0.05) is 27.6 Å². The molecule has 0 aliphatic rings. The number of carbonyl (C=O) groups excluding carboxylic acids is 2. The molecule has 272 valence electrons. The van der Waals surface area contributed by atoms with Crippen LogP contribution in [0.3, 0.4) is 0 Å². The van der Waals surface area contributed by atoms with Crippen LogP contribution in [0.1, 0.15) is 20.7 Å². The fourth-order valence-corrected chi connectivity index (χ4v) is 6.38. The number of aromatic nitrogens is 2. The van der Waals surface area contributed by atoms with Crippen LogP contribution in [0.25, 0.3) is 44.3 Å². The van der Waals surface area contributed by atoms with E-state index in [9.17, 15) is 9.59 Å². The number of anilines is 2. The molecule has 0 atom stereocenters. The van der Waals surface area contributed by atoms with Crippen LogP contribution >= 0.6 is 0 Å². The first-order chi connectivity index (χ1) is 27.4. The van der Waals surface area contributed by atoms with E-state index in [0.29, 0.717) is 78.6 Å². The quantitative estimate of drug-likeness (QED) is 0.135. The molecule has 0 saturated heterocycles.